The zero-order valence-electron chi connectivity index (χ0n) is 16.5. The number of hydrogen-bond donors (Lipinski definition) is 0. The SMILES string of the molecule is CCC(=O)N1CCC(Oc2ccc(-c3cnc4ccccc4c3)c(C)c2)CC1. The molecular weight excluding hydrogens is 348 g/mol. The van der Waals surface area contributed by atoms with E-state index in [4.69, 9.17) is 4.74 Å². The van der Waals surface area contributed by atoms with Crippen molar-refractivity contribution in [1.29, 1.82) is 0 Å². The summed E-state index contributed by atoms with van der Waals surface area (Å²) in [5, 5.41) is 1.15. The van der Waals surface area contributed by atoms with Gasteiger partial charge in [0.15, 0.2) is 0 Å². The summed E-state index contributed by atoms with van der Waals surface area (Å²) >= 11 is 0. The van der Waals surface area contributed by atoms with Crippen LogP contribution in [0.25, 0.3) is 22.0 Å². The highest BCUT2D eigenvalue weighted by atomic mass is 16.5. The van der Waals surface area contributed by atoms with Gasteiger partial charge in [-0.15, -0.1) is 0 Å². The molecule has 1 aromatic heterocycles. The number of aryl methyl sites for hydroxylation is 1. The molecule has 0 bridgehead atoms. The standard InChI is InChI=1S/C24H26N2O2/c1-3-24(27)26-12-10-20(11-13-26)28-21-8-9-22(17(2)14-21)19-15-18-6-4-5-7-23(18)25-16-19/h4-9,14-16,20H,3,10-13H2,1-2H3. The first-order valence-corrected chi connectivity index (χ1v) is 10.0. The third-order valence-corrected chi connectivity index (χ3v) is 5.50. The van der Waals surface area contributed by atoms with Gasteiger partial charge in [-0.2, -0.15) is 0 Å². The molecular formula is C24H26N2O2. The first kappa shape index (κ1) is 18.5. The lowest BCUT2D eigenvalue weighted by atomic mass is 10.0. The van der Waals surface area contributed by atoms with Crippen molar-refractivity contribution in [3.05, 3.63) is 60.3 Å². The summed E-state index contributed by atoms with van der Waals surface area (Å²) in [7, 11) is 0. The smallest absolute Gasteiger partial charge is 0.222 e. The van der Waals surface area contributed by atoms with Crippen LogP contribution >= 0.6 is 0 Å². The monoisotopic (exact) mass is 374 g/mol. The first-order chi connectivity index (χ1) is 13.6. The van der Waals surface area contributed by atoms with Crippen molar-refractivity contribution in [1.82, 2.24) is 9.88 Å². The number of ether oxygens (including phenoxy) is 1. The van der Waals surface area contributed by atoms with Crippen molar-refractivity contribution >= 4 is 16.8 Å². The quantitative estimate of drug-likeness (QED) is 0.646. The Morgan fingerprint density at radius 3 is 2.68 bits per heavy atom. The predicted molar refractivity (Wildman–Crippen MR) is 112 cm³/mol. The van der Waals surface area contributed by atoms with Crippen LogP contribution in [0.1, 0.15) is 31.7 Å². The van der Waals surface area contributed by atoms with Crippen molar-refractivity contribution in [2.75, 3.05) is 13.1 Å². The van der Waals surface area contributed by atoms with Gasteiger partial charge in [0, 0.05) is 49.5 Å². The minimum Gasteiger partial charge on any atom is -0.490 e. The highest BCUT2D eigenvalue weighted by Crippen LogP contribution is 2.29. The molecule has 28 heavy (non-hydrogen) atoms. The fourth-order valence-electron chi connectivity index (χ4n) is 3.89. The summed E-state index contributed by atoms with van der Waals surface area (Å²) in [6.07, 6.45) is 4.47. The number of carbonyl (C=O) groups is 1. The van der Waals surface area contributed by atoms with Crippen LogP contribution in [0.4, 0.5) is 0 Å². The maximum atomic E-state index is 11.8. The second-order valence-corrected chi connectivity index (χ2v) is 7.44. The number of para-hydroxylation sites is 1. The lowest BCUT2D eigenvalue weighted by molar-refractivity contribution is -0.132. The molecule has 2 aromatic carbocycles. The fraction of sp³-hybridized carbons (Fsp3) is 0.333. The van der Waals surface area contributed by atoms with E-state index in [-0.39, 0.29) is 12.0 Å². The van der Waals surface area contributed by atoms with Crippen LogP contribution in [0, 0.1) is 6.92 Å². The normalized spacial score (nSPS) is 15.0. The highest BCUT2D eigenvalue weighted by molar-refractivity contribution is 5.84. The molecule has 0 spiro atoms. The molecule has 0 aliphatic carbocycles. The van der Waals surface area contributed by atoms with Gasteiger partial charge >= 0.3 is 0 Å². The Balaban J connectivity index is 1.46. The molecule has 0 N–H and O–H groups in total. The first-order valence-electron chi connectivity index (χ1n) is 10.0. The van der Waals surface area contributed by atoms with Gasteiger partial charge in [0.2, 0.25) is 5.91 Å². The minimum absolute atomic E-state index is 0.175. The maximum absolute atomic E-state index is 11.8. The van der Waals surface area contributed by atoms with Crippen molar-refractivity contribution in [2.45, 2.75) is 39.2 Å². The third kappa shape index (κ3) is 3.86. The van der Waals surface area contributed by atoms with E-state index in [9.17, 15) is 4.79 Å². The number of fused-ring (bicyclic) bond motifs is 1. The predicted octanol–water partition coefficient (Wildman–Crippen LogP) is 4.99. The van der Waals surface area contributed by atoms with Crippen LogP contribution in [0.3, 0.4) is 0 Å². The lowest BCUT2D eigenvalue weighted by Gasteiger charge is -2.32. The van der Waals surface area contributed by atoms with Crippen LogP contribution < -0.4 is 4.74 Å². The molecule has 0 unspecified atom stereocenters. The highest BCUT2D eigenvalue weighted by Gasteiger charge is 2.23. The molecule has 4 nitrogen and oxygen atoms in total. The molecule has 144 valence electrons. The van der Waals surface area contributed by atoms with E-state index in [1.165, 1.54) is 11.1 Å². The number of likely N-dealkylation sites (tertiary alicyclic amines) is 1. The molecule has 1 aliphatic rings. The van der Waals surface area contributed by atoms with Crippen molar-refractivity contribution in [3.63, 3.8) is 0 Å². The van der Waals surface area contributed by atoms with E-state index >= 15 is 0 Å². The van der Waals surface area contributed by atoms with E-state index in [1.807, 2.05) is 42.3 Å². The average Bonchev–Trinajstić information content (AvgIpc) is 2.73. The molecule has 1 aliphatic heterocycles. The molecule has 1 fully saturated rings. The van der Waals surface area contributed by atoms with Gasteiger partial charge in [0.05, 0.1) is 5.52 Å². The number of rotatable bonds is 4. The van der Waals surface area contributed by atoms with Crippen molar-refractivity contribution in [3.8, 4) is 16.9 Å². The summed E-state index contributed by atoms with van der Waals surface area (Å²) in [6.45, 7) is 5.61. The number of piperidine rings is 1. The Morgan fingerprint density at radius 1 is 1.14 bits per heavy atom. The summed E-state index contributed by atoms with van der Waals surface area (Å²) in [6, 6.07) is 16.6. The molecule has 1 amide bonds. The molecule has 0 atom stereocenters. The maximum Gasteiger partial charge on any atom is 0.222 e. The number of nitrogens with zero attached hydrogens (tertiary/aromatic N) is 2. The van der Waals surface area contributed by atoms with Gasteiger partial charge in [0.25, 0.3) is 0 Å². The number of benzene rings is 2. The Hall–Kier alpha value is -2.88. The second-order valence-electron chi connectivity index (χ2n) is 7.44. The molecule has 4 heteroatoms. The largest absolute Gasteiger partial charge is 0.490 e. The number of carbonyl (C=O) groups excluding carboxylic acids is 1. The number of hydrogen-bond acceptors (Lipinski definition) is 3. The van der Waals surface area contributed by atoms with Gasteiger partial charge in [-0.05, 0) is 42.3 Å². The molecule has 1 saturated heterocycles. The van der Waals surface area contributed by atoms with Crippen LogP contribution in [-0.2, 0) is 4.79 Å². The van der Waals surface area contributed by atoms with E-state index in [0.717, 1.165) is 48.1 Å². The van der Waals surface area contributed by atoms with Gasteiger partial charge in [0.1, 0.15) is 11.9 Å². The van der Waals surface area contributed by atoms with E-state index in [2.05, 4.69) is 36.2 Å². The van der Waals surface area contributed by atoms with E-state index in [1.54, 1.807) is 0 Å². The molecule has 3 aromatic rings. The van der Waals surface area contributed by atoms with Crippen molar-refractivity contribution < 1.29 is 9.53 Å². The number of pyridine rings is 1. The Bertz CT molecular complexity index is 991. The topological polar surface area (TPSA) is 42.4 Å². The van der Waals surface area contributed by atoms with Crippen LogP contribution in [0.5, 0.6) is 5.75 Å². The van der Waals surface area contributed by atoms with Gasteiger partial charge in [-0.25, -0.2) is 0 Å². The zero-order valence-corrected chi connectivity index (χ0v) is 16.5. The summed E-state index contributed by atoms with van der Waals surface area (Å²) in [5.41, 5.74) is 4.48. The van der Waals surface area contributed by atoms with Crippen LogP contribution in [0.15, 0.2) is 54.7 Å². The average molecular weight is 374 g/mol. The summed E-state index contributed by atoms with van der Waals surface area (Å²) in [5.74, 6) is 1.14. The molecule has 0 saturated carbocycles. The van der Waals surface area contributed by atoms with Gasteiger partial charge in [-0.1, -0.05) is 31.2 Å². The number of aromatic nitrogens is 1. The zero-order chi connectivity index (χ0) is 19.5. The summed E-state index contributed by atoms with van der Waals surface area (Å²) < 4.78 is 6.21. The molecule has 4 rings (SSSR count). The number of amides is 1. The Morgan fingerprint density at radius 2 is 1.93 bits per heavy atom. The fourth-order valence-corrected chi connectivity index (χ4v) is 3.89. The second kappa shape index (κ2) is 8.01. The van der Waals surface area contributed by atoms with E-state index < -0.39 is 0 Å². The van der Waals surface area contributed by atoms with Gasteiger partial charge in [-0.3, -0.25) is 9.78 Å². The van der Waals surface area contributed by atoms with E-state index in [0.29, 0.717) is 6.42 Å². The Kier molecular flexibility index (Phi) is 5.29. The third-order valence-electron chi connectivity index (χ3n) is 5.50. The molecule has 2 heterocycles. The lowest BCUT2D eigenvalue weighted by Crippen LogP contribution is -2.41. The summed E-state index contributed by atoms with van der Waals surface area (Å²) in [4.78, 5) is 18.3. The van der Waals surface area contributed by atoms with Crippen LogP contribution in [0.2, 0.25) is 0 Å². The minimum atomic E-state index is 0.175. The van der Waals surface area contributed by atoms with Crippen LogP contribution in [-0.4, -0.2) is 35.0 Å². The molecule has 0 radical (unpaired) electrons. The van der Waals surface area contributed by atoms with Crippen molar-refractivity contribution in [2.24, 2.45) is 0 Å². The van der Waals surface area contributed by atoms with Gasteiger partial charge < -0.3 is 9.64 Å². The Labute approximate surface area is 166 Å².